The number of hydrogen-bond donors (Lipinski definition) is 0. The summed E-state index contributed by atoms with van der Waals surface area (Å²) in [4.78, 5) is 18.8. The van der Waals surface area contributed by atoms with Crippen LogP contribution in [0.4, 0.5) is 0 Å². The number of nitriles is 1. The number of benzene rings is 2. The molecule has 0 bridgehead atoms. The van der Waals surface area contributed by atoms with Gasteiger partial charge in [0.05, 0.1) is 18.7 Å². The number of nitrogens with zero attached hydrogens (tertiary/aromatic N) is 5. The molecule has 54 heavy (non-hydrogen) atoms. The number of rotatable bonds is 17. The number of aromatic nitrogens is 4. The van der Waals surface area contributed by atoms with Gasteiger partial charge in [0, 0.05) is 36.6 Å². The van der Waals surface area contributed by atoms with Gasteiger partial charge in [-0.25, -0.2) is 19.9 Å². The maximum absolute atomic E-state index is 8.87. The molecule has 0 unspecified atom stereocenters. The van der Waals surface area contributed by atoms with E-state index >= 15 is 0 Å². The van der Waals surface area contributed by atoms with E-state index in [4.69, 9.17) is 20.0 Å². The second-order valence-corrected chi connectivity index (χ2v) is 16.0. The Morgan fingerprint density at radius 2 is 0.926 bits per heavy atom. The van der Waals surface area contributed by atoms with E-state index in [1.807, 2.05) is 61.2 Å². The van der Waals surface area contributed by atoms with Gasteiger partial charge in [0.25, 0.3) is 0 Å². The van der Waals surface area contributed by atoms with Crippen LogP contribution in [0.2, 0.25) is 0 Å². The van der Waals surface area contributed by atoms with Crippen molar-refractivity contribution in [2.75, 3.05) is 7.11 Å². The van der Waals surface area contributed by atoms with E-state index in [0.29, 0.717) is 17.4 Å². The molecule has 0 N–H and O–H groups in total. The molecule has 4 aromatic rings. The Balaban J connectivity index is 0.000000208. The average Bonchev–Trinajstić information content (AvgIpc) is 3.24. The lowest BCUT2D eigenvalue weighted by Gasteiger charge is -2.27. The summed E-state index contributed by atoms with van der Waals surface area (Å²) in [6, 6.07) is 18.3. The number of aryl methyl sites for hydroxylation is 4. The van der Waals surface area contributed by atoms with Gasteiger partial charge in [-0.2, -0.15) is 5.26 Å². The Bertz CT molecular complexity index is 1630. The summed E-state index contributed by atoms with van der Waals surface area (Å²) in [5.74, 6) is 6.02. The standard InChI is InChI=1S/C24H31N3.C24H34N2O/c1-2-3-4-5-19-12-14-23(15-13-19)24-26-17-22(18-27-24)11-8-20-6-9-21(16-25)10-7-20;1-3-4-5-6-19-9-13-22(14-10-19)24-25-17-21(18-26-24)8-7-20-11-15-23(27-2)16-12-20/h6-7,9-10,17-19,23H,2-5,8,11-15H2,1H3;11-12,15-19,22H,3-10,13-14H2,1-2H3. The first-order valence-electron chi connectivity index (χ1n) is 21.3. The fourth-order valence-electron chi connectivity index (χ4n) is 8.31. The molecular formula is C48H65N5O. The minimum Gasteiger partial charge on any atom is -0.497 e. The van der Waals surface area contributed by atoms with Crippen molar-refractivity contribution in [3.05, 3.63) is 113 Å². The van der Waals surface area contributed by atoms with Crippen LogP contribution >= 0.6 is 0 Å². The summed E-state index contributed by atoms with van der Waals surface area (Å²) in [6.07, 6.45) is 33.5. The minimum atomic E-state index is 0.556. The quantitative estimate of drug-likeness (QED) is 0.101. The first-order chi connectivity index (χ1) is 26.6. The molecule has 0 spiro atoms. The first kappa shape index (κ1) is 41.1. The molecule has 2 aliphatic rings. The highest BCUT2D eigenvalue weighted by Gasteiger charge is 2.25. The zero-order valence-corrected chi connectivity index (χ0v) is 33.5. The van der Waals surface area contributed by atoms with Crippen molar-refractivity contribution in [1.29, 1.82) is 5.26 Å². The molecule has 6 nitrogen and oxygen atoms in total. The van der Waals surface area contributed by atoms with Gasteiger partial charge in [-0.15, -0.1) is 0 Å². The van der Waals surface area contributed by atoms with Gasteiger partial charge < -0.3 is 4.74 Å². The lowest BCUT2D eigenvalue weighted by molar-refractivity contribution is 0.297. The predicted octanol–water partition coefficient (Wildman–Crippen LogP) is 12.1. The Labute approximate surface area is 326 Å². The molecule has 0 aliphatic heterocycles. The molecule has 2 aliphatic carbocycles. The van der Waals surface area contributed by atoms with Crippen LogP contribution in [0.3, 0.4) is 0 Å². The highest BCUT2D eigenvalue weighted by molar-refractivity contribution is 5.32. The predicted molar refractivity (Wildman–Crippen MR) is 221 cm³/mol. The third kappa shape index (κ3) is 13.6. The third-order valence-corrected chi connectivity index (χ3v) is 12.0. The van der Waals surface area contributed by atoms with Crippen LogP contribution in [-0.2, 0) is 25.7 Å². The topological polar surface area (TPSA) is 84.6 Å². The Morgan fingerprint density at radius 3 is 1.30 bits per heavy atom. The smallest absolute Gasteiger partial charge is 0.131 e. The van der Waals surface area contributed by atoms with E-state index in [9.17, 15) is 0 Å². The maximum atomic E-state index is 8.87. The molecule has 2 aromatic carbocycles. The molecule has 6 rings (SSSR count). The van der Waals surface area contributed by atoms with Crippen molar-refractivity contribution in [2.45, 2.75) is 154 Å². The van der Waals surface area contributed by atoms with Crippen molar-refractivity contribution in [2.24, 2.45) is 11.8 Å². The van der Waals surface area contributed by atoms with E-state index in [-0.39, 0.29) is 0 Å². The lowest BCUT2D eigenvalue weighted by atomic mass is 9.79. The molecule has 0 amide bonds. The summed E-state index contributed by atoms with van der Waals surface area (Å²) in [7, 11) is 1.70. The number of hydrogen-bond acceptors (Lipinski definition) is 6. The van der Waals surface area contributed by atoms with Crippen LogP contribution in [0.5, 0.6) is 5.75 Å². The summed E-state index contributed by atoms with van der Waals surface area (Å²) in [6.45, 7) is 4.57. The number of ether oxygens (including phenoxy) is 1. The molecule has 0 saturated heterocycles. The first-order valence-corrected chi connectivity index (χ1v) is 21.3. The van der Waals surface area contributed by atoms with Gasteiger partial charge >= 0.3 is 0 Å². The monoisotopic (exact) mass is 728 g/mol. The molecule has 288 valence electrons. The van der Waals surface area contributed by atoms with Crippen molar-refractivity contribution in [3.8, 4) is 11.8 Å². The molecule has 2 aromatic heterocycles. The normalized spacial score (nSPS) is 19.7. The average molecular weight is 728 g/mol. The summed E-state index contributed by atoms with van der Waals surface area (Å²) in [5, 5.41) is 8.87. The third-order valence-electron chi connectivity index (χ3n) is 12.0. The van der Waals surface area contributed by atoms with E-state index < -0.39 is 0 Å². The molecular weight excluding hydrogens is 663 g/mol. The SMILES string of the molecule is CCCCCC1CCC(c2ncc(CCc3ccc(C#N)cc3)cn2)CC1.CCCCCC1CCC(c2ncc(CCc3ccc(OC)cc3)cn2)CC1. The molecule has 2 fully saturated rings. The molecule has 6 heteroatoms. The summed E-state index contributed by atoms with van der Waals surface area (Å²) >= 11 is 0. The van der Waals surface area contributed by atoms with Crippen molar-refractivity contribution < 1.29 is 4.74 Å². The maximum Gasteiger partial charge on any atom is 0.131 e. The summed E-state index contributed by atoms with van der Waals surface area (Å²) in [5.41, 5.74) is 5.70. The van der Waals surface area contributed by atoms with Crippen molar-refractivity contribution in [3.63, 3.8) is 0 Å². The van der Waals surface area contributed by atoms with Gasteiger partial charge in [-0.3, -0.25) is 0 Å². The van der Waals surface area contributed by atoms with E-state index in [1.165, 1.54) is 125 Å². The highest BCUT2D eigenvalue weighted by Crippen LogP contribution is 2.37. The number of unbranched alkanes of at least 4 members (excludes halogenated alkanes) is 4. The minimum absolute atomic E-state index is 0.556. The Hall–Kier alpha value is -4.11. The molecule has 0 atom stereocenters. The van der Waals surface area contributed by atoms with Crippen LogP contribution in [0, 0.1) is 23.2 Å². The molecule has 0 radical (unpaired) electrons. The van der Waals surface area contributed by atoms with Gasteiger partial charge in [-0.05, 0) is 135 Å². The Morgan fingerprint density at radius 1 is 0.537 bits per heavy atom. The molecule has 2 heterocycles. The number of methoxy groups -OCH3 is 1. The van der Waals surface area contributed by atoms with Gasteiger partial charge in [-0.1, -0.05) is 89.5 Å². The van der Waals surface area contributed by atoms with Gasteiger partial charge in [0.2, 0.25) is 0 Å². The van der Waals surface area contributed by atoms with Crippen LogP contribution in [0.1, 0.15) is 168 Å². The second kappa shape index (κ2) is 23.0. The van der Waals surface area contributed by atoms with Crippen molar-refractivity contribution in [1.82, 2.24) is 19.9 Å². The highest BCUT2D eigenvalue weighted by atomic mass is 16.5. The zero-order valence-electron chi connectivity index (χ0n) is 33.5. The van der Waals surface area contributed by atoms with Crippen LogP contribution in [-0.4, -0.2) is 27.0 Å². The van der Waals surface area contributed by atoms with Gasteiger partial charge in [0.15, 0.2) is 0 Å². The van der Waals surface area contributed by atoms with E-state index in [1.54, 1.807) is 7.11 Å². The Kier molecular flexibility index (Phi) is 17.5. The second-order valence-electron chi connectivity index (χ2n) is 16.0. The summed E-state index contributed by atoms with van der Waals surface area (Å²) < 4.78 is 5.21. The van der Waals surface area contributed by atoms with E-state index in [2.05, 4.69) is 42.0 Å². The molecule has 2 saturated carbocycles. The zero-order chi connectivity index (χ0) is 37.8. The fourth-order valence-corrected chi connectivity index (χ4v) is 8.31. The van der Waals surface area contributed by atoms with Crippen LogP contribution in [0.25, 0.3) is 0 Å². The van der Waals surface area contributed by atoms with Crippen LogP contribution in [0.15, 0.2) is 73.3 Å². The van der Waals surface area contributed by atoms with Crippen molar-refractivity contribution >= 4 is 0 Å². The van der Waals surface area contributed by atoms with Crippen LogP contribution < -0.4 is 4.74 Å². The lowest BCUT2D eigenvalue weighted by Crippen LogP contribution is -2.15. The van der Waals surface area contributed by atoms with Gasteiger partial charge in [0.1, 0.15) is 17.4 Å². The fraction of sp³-hybridized carbons (Fsp3) is 0.562. The van der Waals surface area contributed by atoms with E-state index in [0.717, 1.165) is 54.9 Å². The largest absolute Gasteiger partial charge is 0.497 e.